The lowest BCUT2D eigenvalue weighted by molar-refractivity contribution is 0.0910. The Morgan fingerprint density at radius 1 is 1.15 bits per heavy atom. The minimum Gasteiger partial charge on any atom is -0.351 e. The number of benzene rings is 1. The number of alkyl halides is 1. The van der Waals surface area contributed by atoms with Gasteiger partial charge in [0.25, 0.3) is 5.91 Å². The zero-order valence-electron chi connectivity index (χ0n) is 22.5. The van der Waals surface area contributed by atoms with Gasteiger partial charge in [-0.3, -0.25) is 14.2 Å². The summed E-state index contributed by atoms with van der Waals surface area (Å²) in [6.45, 7) is 4.05. The summed E-state index contributed by atoms with van der Waals surface area (Å²) in [6, 6.07) is 6.19. The molecule has 3 aliphatic carbocycles. The zero-order valence-corrected chi connectivity index (χ0v) is 22.5. The maximum Gasteiger partial charge on any atom is 0.257 e. The molecular weight excluding hydrogens is 517 g/mol. The topological polar surface area (TPSA) is 67.2 Å². The molecular formula is C31H31F3N4O2. The highest BCUT2D eigenvalue weighted by Gasteiger charge is 2.49. The van der Waals surface area contributed by atoms with E-state index in [0.29, 0.717) is 24.1 Å². The van der Waals surface area contributed by atoms with Crippen LogP contribution in [-0.4, -0.2) is 39.8 Å². The lowest BCUT2D eigenvalue weighted by atomic mass is 9.69. The van der Waals surface area contributed by atoms with Crippen molar-refractivity contribution in [1.29, 1.82) is 0 Å². The summed E-state index contributed by atoms with van der Waals surface area (Å²) in [5.74, 6) is 0.199. The Morgan fingerprint density at radius 2 is 1.98 bits per heavy atom. The van der Waals surface area contributed by atoms with Crippen LogP contribution in [0.1, 0.15) is 56.3 Å². The number of hydrogen-bond acceptors (Lipinski definition) is 4. The molecule has 3 aromatic rings. The maximum atomic E-state index is 15.1. The van der Waals surface area contributed by atoms with Crippen LogP contribution in [0.15, 0.2) is 53.0 Å². The summed E-state index contributed by atoms with van der Waals surface area (Å²) in [7, 11) is 0. The number of hydrogen-bond donors (Lipinski definition) is 1. The molecule has 40 heavy (non-hydrogen) atoms. The summed E-state index contributed by atoms with van der Waals surface area (Å²) in [4.78, 5) is 33.9. The molecule has 1 aromatic carbocycles. The molecule has 3 fully saturated rings. The lowest BCUT2D eigenvalue weighted by Crippen LogP contribution is -2.48. The summed E-state index contributed by atoms with van der Waals surface area (Å²) in [6.07, 6.45) is 7.02. The molecule has 2 aromatic heterocycles. The number of pyridine rings is 2. The van der Waals surface area contributed by atoms with Gasteiger partial charge < -0.3 is 10.2 Å². The summed E-state index contributed by atoms with van der Waals surface area (Å²) in [5.41, 5.74) is 0.174. The molecule has 2 bridgehead atoms. The number of halogens is 3. The first-order chi connectivity index (χ1) is 19.1. The molecule has 1 amide bonds. The first-order valence-corrected chi connectivity index (χ1v) is 14.1. The van der Waals surface area contributed by atoms with Gasteiger partial charge in [-0.25, -0.2) is 18.2 Å². The molecule has 4 aliphatic rings. The van der Waals surface area contributed by atoms with E-state index in [1.165, 1.54) is 28.8 Å². The van der Waals surface area contributed by atoms with Crippen molar-refractivity contribution in [1.82, 2.24) is 14.9 Å². The molecule has 3 heterocycles. The smallest absolute Gasteiger partial charge is 0.257 e. The molecule has 1 saturated heterocycles. The van der Waals surface area contributed by atoms with Gasteiger partial charge in [0, 0.05) is 24.7 Å². The average molecular weight is 549 g/mol. The van der Waals surface area contributed by atoms with Crippen molar-refractivity contribution in [2.75, 3.05) is 11.4 Å². The van der Waals surface area contributed by atoms with Crippen molar-refractivity contribution in [3.05, 3.63) is 75.6 Å². The van der Waals surface area contributed by atoms with Gasteiger partial charge in [0.15, 0.2) is 5.65 Å². The van der Waals surface area contributed by atoms with E-state index >= 15 is 4.39 Å². The number of anilines is 1. The largest absolute Gasteiger partial charge is 0.351 e. The van der Waals surface area contributed by atoms with Crippen molar-refractivity contribution in [3.8, 4) is 5.69 Å². The number of fused-ring (bicyclic) bond motifs is 2. The van der Waals surface area contributed by atoms with Crippen molar-refractivity contribution in [2.45, 2.75) is 63.7 Å². The molecule has 1 N–H and O–H groups in total. The Balaban J connectivity index is 1.34. The average Bonchev–Trinajstić information content (AvgIpc) is 3.36. The fourth-order valence-corrected chi connectivity index (χ4v) is 7.69. The van der Waals surface area contributed by atoms with Crippen LogP contribution in [0.3, 0.4) is 0 Å². The van der Waals surface area contributed by atoms with Crippen LogP contribution in [0.4, 0.5) is 19.0 Å². The maximum absolute atomic E-state index is 15.1. The van der Waals surface area contributed by atoms with Gasteiger partial charge in [0.05, 0.1) is 23.2 Å². The Labute approximate surface area is 229 Å². The summed E-state index contributed by atoms with van der Waals surface area (Å²) in [5, 5.41) is 3.23. The molecule has 208 valence electrons. The van der Waals surface area contributed by atoms with Crippen LogP contribution in [0.25, 0.3) is 16.7 Å². The Kier molecular flexibility index (Phi) is 5.67. The third-order valence-electron chi connectivity index (χ3n) is 9.45. The van der Waals surface area contributed by atoms with E-state index in [1.807, 2.05) is 13.8 Å². The van der Waals surface area contributed by atoms with Gasteiger partial charge >= 0.3 is 0 Å². The summed E-state index contributed by atoms with van der Waals surface area (Å²) < 4.78 is 44.3. The van der Waals surface area contributed by atoms with E-state index in [-0.39, 0.29) is 34.9 Å². The molecule has 6 atom stereocenters. The number of allylic oxidation sites excluding steroid dienone is 1. The van der Waals surface area contributed by atoms with E-state index in [0.717, 1.165) is 37.3 Å². The van der Waals surface area contributed by atoms with Crippen LogP contribution in [0, 0.1) is 29.4 Å². The highest BCUT2D eigenvalue weighted by atomic mass is 19.1. The monoisotopic (exact) mass is 548 g/mol. The number of aromatic nitrogens is 2. The third-order valence-corrected chi connectivity index (χ3v) is 9.45. The van der Waals surface area contributed by atoms with Gasteiger partial charge in [-0.1, -0.05) is 11.6 Å². The highest BCUT2D eigenvalue weighted by molar-refractivity contribution is 5.98. The number of nitrogens with zero attached hydrogens (tertiary/aromatic N) is 3. The van der Waals surface area contributed by atoms with Crippen molar-refractivity contribution in [2.24, 2.45) is 17.8 Å². The first kappa shape index (κ1) is 25.4. The Bertz CT molecular complexity index is 1650. The third kappa shape index (κ3) is 4.04. The second-order valence-corrected chi connectivity index (χ2v) is 12.4. The molecule has 6 nitrogen and oxygen atoms in total. The minimum atomic E-state index is -1.00. The normalized spacial score (nSPS) is 30.7. The Hall–Kier alpha value is -3.62. The van der Waals surface area contributed by atoms with E-state index in [9.17, 15) is 18.4 Å². The van der Waals surface area contributed by atoms with Crippen LogP contribution < -0.4 is 15.6 Å². The van der Waals surface area contributed by atoms with Gasteiger partial charge in [0.2, 0.25) is 5.43 Å². The number of carbonyl (C=O) groups is 1. The van der Waals surface area contributed by atoms with Crippen LogP contribution in [0.5, 0.6) is 0 Å². The summed E-state index contributed by atoms with van der Waals surface area (Å²) >= 11 is 0. The van der Waals surface area contributed by atoms with Crippen LogP contribution in [0.2, 0.25) is 0 Å². The predicted molar refractivity (Wildman–Crippen MR) is 146 cm³/mol. The van der Waals surface area contributed by atoms with Gasteiger partial charge in [-0.05, 0) is 81.5 Å². The predicted octanol–water partition coefficient (Wildman–Crippen LogP) is 5.47. The minimum absolute atomic E-state index is 0.0523. The molecule has 3 unspecified atom stereocenters. The fraction of sp³-hybridized carbons (Fsp3) is 0.452. The van der Waals surface area contributed by atoms with Gasteiger partial charge in [-0.15, -0.1) is 0 Å². The van der Waals surface area contributed by atoms with Gasteiger partial charge in [0.1, 0.15) is 29.2 Å². The first-order valence-electron chi connectivity index (χ1n) is 14.1. The lowest BCUT2D eigenvalue weighted by Gasteiger charge is -2.39. The standard InChI is InChI=1S/C31H31F3N4O2/c1-16-7-21(33)14-37(16)27-6-4-22-28(39)24(15-38(29(22)35-27)26-5-3-20(32)11-25(26)34)30(40)36-31(2)12-17-8-18-10-19(13-31)23(18)9-17/h3-6,11,13,15-18,21,23H,7-10,12,14H2,1-2H3,(H,36,40)/t16-,17?,18?,21+,23-,31?/m1/s1. The van der Waals surface area contributed by atoms with Crippen LogP contribution >= 0.6 is 0 Å². The van der Waals surface area contributed by atoms with E-state index in [2.05, 4.69) is 16.4 Å². The van der Waals surface area contributed by atoms with E-state index in [4.69, 9.17) is 0 Å². The van der Waals surface area contributed by atoms with Crippen molar-refractivity contribution in [3.63, 3.8) is 0 Å². The number of nitrogens with one attached hydrogen (secondary N) is 1. The molecule has 0 radical (unpaired) electrons. The zero-order chi connectivity index (χ0) is 27.9. The SMILES string of the molecule is C[C@@H]1C[C@H](F)CN1c1ccc2c(=O)c(C(=O)NC3(C)C=C4CC5CC(C[C@@H]45)C3)cn(-c3ccc(F)cc3F)c2n1. The molecule has 9 heteroatoms. The quantitative estimate of drug-likeness (QED) is 0.440. The van der Waals surface area contributed by atoms with Crippen molar-refractivity contribution < 1.29 is 18.0 Å². The van der Waals surface area contributed by atoms with E-state index < -0.39 is 34.7 Å². The second kappa shape index (κ2) is 8.94. The molecule has 0 spiro atoms. The molecule has 1 aliphatic heterocycles. The number of carbonyl (C=O) groups excluding carboxylic acids is 1. The number of rotatable bonds is 4. The van der Waals surface area contributed by atoms with Crippen molar-refractivity contribution >= 4 is 22.8 Å². The molecule has 7 rings (SSSR count). The second-order valence-electron chi connectivity index (χ2n) is 12.4. The van der Waals surface area contributed by atoms with Crippen LogP contribution in [-0.2, 0) is 0 Å². The number of amides is 1. The highest BCUT2D eigenvalue weighted by Crippen LogP contribution is 2.57. The van der Waals surface area contributed by atoms with E-state index in [1.54, 1.807) is 17.0 Å². The Morgan fingerprint density at radius 3 is 2.73 bits per heavy atom. The fourth-order valence-electron chi connectivity index (χ4n) is 7.69. The molecule has 2 saturated carbocycles. The van der Waals surface area contributed by atoms with Gasteiger partial charge in [-0.2, -0.15) is 0 Å².